The second-order valence-corrected chi connectivity index (χ2v) is 10.7. The summed E-state index contributed by atoms with van der Waals surface area (Å²) >= 11 is 0. The van der Waals surface area contributed by atoms with E-state index in [4.69, 9.17) is 9.47 Å². The van der Waals surface area contributed by atoms with Crippen molar-refractivity contribution in [1.29, 1.82) is 0 Å². The van der Waals surface area contributed by atoms with Crippen LogP contribution in [0.15, 0.2) is 23.1 Å². The van der Waals surface area contributed by atoms with Gasteiger partial charge in [-0.05, 0) is 25.3 Å². The Morgan fingerprint density at radius 3 is 2.65 bits per heavy atom. The maximum Gasteiger partial charge on any atom is 0.0983 e. The summed E-state index contributed by atoms with van der Waals surface area (Å²) in [6.45, 7) is 7.91. The van der Waals surface area contributed by atoms with Gasteiger partial charge in [0.25, 0.3) is 0 Å². The Morgan fingerprint density at radius 1 is 1.41 bits per heavy atom. The smallest absolute Gasteiger partial charge is 0.0983 e. The molecule has 1 unspecified atom stereocenters. The molecule has 1 aliphatic rings. The fourth-order valence-electron chi connectivity index (χ4n) is 2.53. The molecule has 1 aliphatic carbocycles. The van der Waals surface area contributed by atoms with Gasteiger partial charge in [0, 0.05) is 13.0 Å². The van der Waals surface area contributed by atoms with Crippen LogP contribution >= 0.6 is 0 Å². The molecule has 0 aromatic rings. The molecule has 1 rings (SSSR count). The van der Waals surface area contributed by atoms with E-state index in [0.717, 1.165) is 6.42 Å². The number of allylic oxidation sites excluding steroid dienone is 2. The molecule has 0 amide bonds. The Bertz CT molecular complexity index is 300. The minimum absolute atomic E-state index is 0.496. The summed E-state index contributed by atoms with van der Waals surface area (Å²) in [5.41, 5.74) is 0. The average Bonchev–Trinajstić information content (AvgIpc) is 2.28. The monoisotopic (exact) mass is 254 g/mol. The Hall–Kier alpha value is -0.543. The van der Waals surface area contributed by atoms with Crippen LogP contribution in [0, 0.1) is 5.92 Å². The normalized spacial score (nSPS) is 22.3. The largest absolute Gasteiger partial charge is 0.501 e. The quantitative estimate of drug-likeness (QED) is 0.695. The lowest BCUT2D eigenvalue weighted by molar-refractivity contribution is 0.228. The molecule has 0 saturated heterocycles. The summed E-state index contributed by atoms with van der Waals surface area (Å²) in [4.78, 5) is 0. The van der Waals surface area contributed by atoms with Crippen LogP contribution in [0.1, 0.15) is 19.3 Å². The number of ether oxygens (including phenoxy) is 2. The van der Waals surface area contributed by atoms with Gasteiger partial charge < -0.3 is 9.47 Å². The van der Waals surface area contributed by atoms with Gasteiger partial charge in [-0.15, -0.1) is 0 Å². The van der Waals surface area contributed by atoms with Gasteiger partial charge in [0.15, 0.2) is 0 Å². The topological polar surface area (TPSA) is 18.5 Å². The molecule has 0 N–H and O–H groups in total. The fourth-order valence-corrected chi connectivity index (χ4v) is 4.56. The van der Waals surface area contributed by atoms with Crippen LogP contribution in [0.5, 0.6) is 0 Å². The van der Waals surface area contributed by atoms with Crippen molar-refractivity contribution < 1.29 is 9.47 Å². The third kappa shape index (κ3) is 4.00. The van der Waals surface area contributed by atoms with Gasteiger partial charge >= 0.3 is 0 Å². The molecule has 0 saturated carbocycles. The van der Waals surface area contributed by atoms with E-state index in [0.29, 0.717) is 12.5 Å². The van der Waals surface area contributed by atoms with Crippen molar-refractivity contribution in [3.63, 3.8) is 0 Å². The van der Waals surface area contributed by atoms with E-state index in [9.17, 15) is 0 Å². The number of hydrogen-bond acceptors (Lipinski definition) is 2. The van der Waals surface area contributed by atoms with Gasteiger partial charge in [-0.25, -0.2) is 0 Å². The van der Waals surface area contributed by atoms with Gasteiger partial charge in [-0.1, -0.05) is 30.9 Å². The van der Waals surface area contributed by atoms with Gasteiger partial charge in [0.05, 0.1) is 27.5 Å². The fraction of sp³-hybridized carbons (Fsp3) is 0.714. The number of rotatable bonds is 5. The van der Waals surface area contributed by atoms with Crippen molar-refractivity contribution in [1.82, 2.24) is 0 Å². The highest BCUT2D eigenvalue weighted by molar-refractivity contribution is 6.83. The minimum atomic E-state index is -1.31. The first kappa shape index (κ1) is 14.5. The van der Waals surface area contributed by atoms with Crippen molar-refractivity contribution in [3.05, 3.63) is 23.1 Å². The van der Waals surface area contributed by atoms with Crippen molar-refractivity contribution in [2.75, 3.05) is 20.8 Å². The molecule has 2 nitrogen and oxygen atoms in total. The summed E-state index contributed by atoms with van der Waals surface area (Å²) in [5, 5.41) is 1.58. The van der Waals surface area contributed by atoms with Crippen LogP contribution in [-0.2, 0) is 9.47 Å². The summed E-state index contributed by atoms with van der Waals surface area (Å²) in [7, 11) is 2.24. The molecular formula is C14H26O2Si. The first-order chi connectivity index (χ1) is 8.00. The van der Waals surface area contributed by atoms with E-state index in [2.05, 4.69) is 31.8 Å². The van der Waals surface area contributed by atoms with E-state index in [1.165, 1.54) is 18.6 Å². The Kier molecular flexibility index (Phi) is 5.47. The summed E-state index contributed by atoms with van der Waals surface area (Å²) in [6.07, 6.45) is 8.19. The van der Waals surface area contributed by atoms with Gasteiger partial charge in [0.1, 0.15) is 0 Å². The molecule has 0 aromatic heterocycles. The molecule has 0 heterocycles. The van der Waals surface area contributed by atoms with Gasteiger partial charge in [-0.2, -0.15) is 0 Å². The van der Waals surface area contributed by atoms with Crippen molar-refractivity contribution in [3.8, 4) is 0 Å². The Labute approximate surface area is 107 Å². The molecule has 0 fully saturated rings. The van der Waals surface area contributed by atoms with Crippen molar-refractivity contribution in [2.24, 2.45) is 5.92 Å². The molecular weight excluding hydrogens is 228 g/mol. The van der Waals surface area contributed by atoms with Crippen LogP contribution in [0.2, 0.25) is 19.6 Å². The summed E-state index contributed by atoms with van der Waals surface area (Å²) in [6, 6.07) is 0. The molecule has 0 aromatic carbocycles. The predicted octanol–water partition coefficient (Wildman–Crippen LogP) is 3.77. The molecule has 98 valence electrons. The van der Waals surface area contributed by atoms with Crippen LogP contribution in [0.3, 0.4) is 0 Å². The zero-order valence-electron chi connectivity index (χ0n) is 11.9. The molecule has 17 heavy (non-hydrogen) atoms. The first-order valence-electron chi connectivity index (χ1n) is 6.44. The summed E-state index contributed by atoms with van der Waals surface area (Å²) in [5.74, 6) is 1.66. The summed E-state index contributed by atoms with van der Waals surface area (Å²) < 4.78 is 10.8. The van der Waals surface area contributed by atoms with Crippen LogP contribution in [0.4, 0.5) is 0 Å². The minimum Gasteiger partial charge on any atom is -0.501 e. The molecule has 0 spiro atoms. The second-order valence-electron chi connectivity index (χ2n) is 5.66. The lowest BCUT2D eigenvalue weighted by Gasteiger charge is -2.32. The maximum atomic E-state index is 5.56. The zero-order valence-corrected chi connectivity index (χ0v) is 12.9. The lowest BCUT2D eigenvalue weighted by atomic mass is 9.93. The third-order valence-corrected chi connectivity index (χ3v) is 5.62. The Morgan fingerprint density at radius 2 is 2.12 bits per heavy atom. The standard InChI is InChI=1S/C14H26O2Si/c1-15-11-10-14(17(3,4)5)12-8-6-7-9-13(12)16-2/h9-10,12H,6-8,11H2,1-5H3/b14-10-. The second kappa shape index (κ2) is 6.41. The van der Waals surface area contributed by atoms with E-state index < -0.39 is 8.07 Å². The van der Waals surface area contributed by atoms with Crippen molar-refractivity contribution >= 4 is 8.07 Å². The Balaban J connectivity index is 2.97. The van der Waals surface area contributed by atoms with Gasteiger partial charge in [0.2, 0.25) is 0 Å². The maximum absolute atomic E-state index is 5.56. The average molecular weight is 254 g/mol. The number of methoxy groups -OCH3 is 2. The first-order valence-corrected chi connectivity index (χ1v) is 9.94. The van der Waals surface area contributed by atoms with Crippen molar-refractivity contribution in [2.45, 2.75) is 38.9 Å². The van der Waals surface area contributed by atoms with E-state index in [1.54, 1.807) is 19.4 Å². The highest BCUT2D eigenvalue weighted by atomic mass is 28.3. The van der Waals surface area contributed by atoms with E-state index >= 15 is 0 Å². The SMILES string of the molecule is COC/C=C(/C1CCCC=C1OC)[Si](C)(C)C. The van der Waals surface area contributed by atoms with E-state index in [1.807, 2.05) is 0 Å². The molecule has 0 aliphatic heterocycles. The van der Waals surface area contributed by atoms with E-state index in [-0.39, 0.29) is 0 Å². The highest BCUT2D eigenvalue weighted by Gasteiger charge is 2.30. The lowest BCUT2D eigenvalue weighted by Crippen LogP contribution is -2.32. The predicted molar refractivity (Wildman–Crippen MR) is 75.7 cm³/mol. The van der Waals surface area contributed by atoms with Crippen LogP contribution in [0.25, 0.3) is 0 Å². The highest BCUT2D eigenvalue weighted by Crippen LogP contribution is 2.35. The third-order valence-electron chi connectivity index (χ3n) is 3.33. The van der Waals surface area contributed by atoms with Crippen LogP contribution in [-0.4, -0.2) is 28.9 Å². The molecule has 0 radical (unpaired) electrons. The zero-order chi connectivity index (χ0) is 12.9. The molecule has 3 heteroatoms. The van der Waals surface area contributed by atoms with Gasteiger partial charge in [-0.3, -0.25) is 0 Å². The molecule has 0 bridgehead atoms. The van der Waals surface area contributed by atoms with Crippen LogP contribution < -0.4 is 0 Å². The number of hydrogen-bond donors (Lipinski definition) is 0. The molecule has 1 atom stereocenters.